The zero-order chi connectivity index (χ0) is 29.3. The highest BCUT2D eigenvalue weighted by Crippen LogP contribution is 2.68. The molecule has 0 saturated heterocycles. The van der Waals surface area contributed by atoms with Crippen molar-refractivity contribution < 1.29 is 20.1 Å². The van der Waals surface area contributed by atoms with Crippen LogP contribution in [0.4, 0.5) is 5.69 Å². The van der Waals surface area contributed by atoms with Crippen LogP contribution in [-0.2, 0) is 4.79 Å². The molecule has 4 N–H and O–H groups in total. The van der Waals surface area contributed by atoms with Gasteiger partial charge in [-0.2, -0.15) is 0 Å². The van der Waals surface area contributed by atoms with Crippen LogP contribution in [0.25, 0.3) is 10.9 Å². The summed E-state index contributed by atoms with van der Waals surface area (Å²) >= 11 is 6.95. The number of carbonyl (C=O) groups is 1. The van der Waals surface area contributed by atoms with Gasteiger partial charge >= 0.3 is 0 Å². The number of aromatic amines is 1. The van der Waals surface area contributed by atoms with Crippen molar-refractivity contribution in [2.75, 3.05) is 0 Å². The molecule has 0 spiro atoms. The van der Waals surface area contributed by atoms with E-state index in [4.69, 9.17) is 0 Å². The van der Waals surface area contributed by atoms with E-state index in [1.165, 1.54) is 6.42 Å². The Morgan fingerprint density at radius 1 is 1.07 bits per heavy atom. The Morgan fingerprint density at radius 2 is 1.80 bits per heavy atom. The number of azo groups is 1. The number of carbonyl (C=O) groups excluding carboxylic acids is 1. The fraction of sp³-hybridized carbons (Fsp3) is 0.719. The lowest BCUT2D eigenvalue weighted by Gasteiger charge is -2.62. The quantitative estimate of drug-likeness (QED) is 0.235. The standard InChI is InChI=1S/C32H43Br2N3O4/c1-16(4-7-26(40)36-37-29-20-14-18(33)15-24(34)28(20)35-30(29)41)21-5-6-22-27-23(9-11-32(21,22)3)31(2)10-8-19(38)12-17(31)13-25(27)39/h14-17,19,21-23,25,27,35,38-39,41H,4-13H2,1-3H3/t16-,17-,19+,21+,22-,23-,25-,27-,31+,32-/m1/s1. The summed E-state index contributed by atoms with van der Waals surface area (Å²) in [6.45, 7) is 7.20. The summed E-state index contributed by atoms with van der Waals surface area (Å²) in [6.07, 6.45) is 8.93. The number of nitrogens with one attached hydrogen (secondary N) is 1. The SMILES string of the molecule is C[C@H](CCC(=O)N=Nc1c(O)[nH]c2c(Br)cc(Br)cc12)[C@@H]1CC[C@@H]2[C@H]3[C@H](O)C[C@H]4C[C@@H](O)CC[C@]4(C)[C@@H]3CC[C@@]21C. The molecular formula is C32H43Br2N3O4. The highest BCUT2D eigenvalue weighted by molar-refractivity contribution is 9.11. The van der Waals surface area contributed by atoms with E-state index in [0.717, 1.165) is 60.3 Å². The molecule has 4 fully saturated rings. The number of nitrogens with zero attached hydrogens (tertiary/aromatic N) is 2. The number of aliphatic hydroxyl groups excluding tert-OH is 2. The van der Waals surface area contributed by atoms with Gasteiger partial charge in [-0.3, -0.25) is 4.79 Å². The number of fused-ring (bicyclic) bond motifs is 6. The molecular weight excluding hydrogens is 650 g/mol. The average molecular weight is 694 g/mol. The number of aliphatic hydroxyl groups is 2. The Labute approximate surface area is 259 Å². The van der Waals surface area contributed by atoms with Crippen LogP contribution in [0.3, 0.4) is 0 Å². The molecule has 41 heavy (non-hydrogen) atoms. The third-order valence-corrected chi connectivity index (χ3v) is 13.4. The highest BCUT2D eigenvalue weighted by Gasteiger charge is 2.62. The maximum absolute atomic E-state index is 12.8. The molecule has 4 aliphatic rings. The smallest absolute Gasteiger partial charge is 0.264 e. The Balaban J connectivity index is 1.11. The molecule has 4 saturated carbocycles. The van der Waals surface area contributed by atoms with Gasteiger partial charge in [0, 0.05) is 20.8 Å². The zero-order valence-corrected chi connectivity index (χ0v) is 27.4. The van der Waals surface area contributed by atoms with Crippen molar-refractivity contribution in [2.24, 2.45) is 56.6 Å². The van der Waals surface area contributed by atoms with Crippen LogP contribution in [0.2, 0.25) is 0 Å². The molecule has 1 heterocycles. The first-order chi connectivity index (χ1) is 19.4. The maximum Gasteiger partial charge on any atom is 0.264 e. The topological polar surface area (TPSA) is 118 Å². The minimum absolute atomic E-state index is 0.112. The van der Waals surface area contributed by atoms with Gasteiger partial charge < -0.3 is 20.3 Å². The van der Waals surface area contributed by atoms with E-state index in [1.54, 1.807) is 0 Å². The highest BCUT2D eigenvalue weighted by atomic mass is 79.9. The van der Waals surface area contributed by atoms with E-state index in [1.807, 2.05) is 12.1 Å². The third kappa shape index (κ3) is 5.04. The van der Waals surface area contributed by atoms with Gasteiger partial charge in [-0.05, 0) is 132 Å². The van der Waals surface area contributed by atoms with Crippen LogP contribution in [0, 0.1) is 46.3 Å². The van der Waals surface area contributed by atoms with Crippen LogP contribution in [-0.4, -0.2) is 38.4 Å². The normalized spacial score (nSPS) is 39.4. The number of hydrogen-bond donors (Lipinski definition) is 4. The van der Waals surface area contributed by atoms with Crippen LogP contribution in [0.5, 0.6) is 5.88 Å². The van der Waals surface area contributed by atoms with Gasteiger partial charge in [0.05, 0.1) is 17.7 Å². The van der Waals surface area contributed by atoms with Crippen molar-refractivity contribution >= 4 is 54.4 Å². The number of H-pyrrole nitrogens is 1. The average Bonchev–Trinajstić information content (AvgIpc) is 3.43. The maximum atomic E-state index is 12.8. The first-order valence-electron chi connectivity index (χ1n) is 15.4. The molecule has 224 valence electrons. The van der Waals surface area contributed by atoms with E-state index in [0.29, 0.717) is 52.8 Å². The Kier molecular flexibility index (Phi) is 7.99. The van der Waals surface area contributed by atoms with Gasteiger partial charge in [-0.15, -0.1) is 10.2 Å². The second kappa shape index (κ2) is 11.0. The molecule has 9 heteroatoms. The van der Waals surface area contributed by atoms with Crippen LogP contribution < -0.4 is 0 Å². The van der Waals surface area contributed by atoms with E-state index in [2.05, 4.69) is 67.8 Å². The van der Waals surface area contributed by atoms with Gasteiger partial charge in [0.2, 0.25) is 5.88 Å². The van der Waals surface area contributed by atoms with Crippen molar-refractivity contribution in [3.8, 4) is 5.88 Å². The molecule has 6 rings (SSSR count). The number of rotatable bonds is 5. The number of amides is 1. The third-order valence-electron chi connectivity index (χ3n) is 12.3. The molecule has 0 radical (unpaired) electrons. The molecule has 1 aromatic carbocycles. The molecule has 10 atom stereocenters. The second-order valence-corrected chi connectivity index (χ2v) is 16.0. The molecule has 0 bridgehead atoms. The molecule has 7 nitrogen and oxygen atoms in total. The zero-order valence-electron chi connectivity index (χ0n) is 24.2. The lowest BCUT2D eigenvalue weighted by molar-refractivity contribution is -0.174. The minimum Gasteiger partial charge on any atom is -0.493 e. The molecule has 1 amide bonds. The van der Waals surface area contributed by atoms with Crippen LogP contribution >= 0.6 is 31.9 Å². The summed E-state index contributed by atoms with van der Waals surface area (Å²) in [6, 6.07) is 3.71. The predicted molar refractivity (Wildman–Crippen MR) is 166 cm³/mol. The van der Waals surface area contributed by atoms with Crippen molar-refractivity contribution in [1.29, 1.82) is 0 Å². The minimum atomic E-state index is -0.274. The summed E-state index contributed by atoms with van der Waals surface area (Å²) in [5.74, 6) is 2.36. The fourth-order valence-corrected chi connectivity index (χ4v) is 11.5. The summed E-state index contributed by atoms with van der Waals surface area (Å²) in [7, 11) is 0. The number of aromatic nitrogens is 1. The molecule has 1 aromatic heterocycles. The van der Waals surface area contributed by atoms with Gasteiger partial charge in [-0.25, -0.2) is 0 Å². The molecule has 0 unspecified atom stereocenters. The summed E-state index contributed by atoms with van der Waals surface area (Å²) < 4.78 is 1.61. The largest absolute Gasteiger partial charge is 0.493 e. The Hall–Kier alpha value is -1.29. The first kappa shape index (κ1) is 29.8. The van der Waals surface area contributed by atoms with Gasteiger partial charge in [0.1, 0.15) is 0 Å². The second-order valence-electron chi connectivity index (χ2n) is 14.2. The van der Waals surface area contributed by atoms with Crippen molar-refractivity contribution in [3.05, 3.63) is 21.1 Å². The monoisotopic (exact) mass is 691 g/mol. The molecule has 0 aliphatic heterocycles. The van der Waals surface area contributed by atoms with E-state index in [-0.39, 0.29) is 40.5 Å². The van der Waals surface area contributed by atoms with Crippen molar-refractivity contribution in [3.63, 3.8) is 0 Å². The van der Waals surface area contributed by atoms with Crippen LogP contribution in [0.15, 0.2) is 31.3 Å². The molecule has 2 aromatic rings. The van der Waals surface area contributed by atoms with E-state index >= 15 is 0 Å². The molecule has 4 aliphatic carbocycles. The Morgan fingerprint density at radius 3 is 2.59 bits per heavy atom. The van der Waals surface area contributed by atoms with Crippen molar-refractivity contribution in [2.45, 2.75) is 97.2 Å². The Bertz CT molecular complexity index is 1360. The lowest BCUT2D eigenvalue weighted by atomic mass is 9.43. The number of halogens is 2. The fourth-order valence-electron chi connectivity index (χ4n) is 10.2. The predicted octanol–water partition coefficient (Wildman–Crippen LogP) is 8.42. The first-order valence-corrected chi connectivity index (χ1v) is 17.0. The van der Waals surface area contributed by atoms with Gasteiger partial charge in [0.15, 0.2) is 5.69 Å². The van der Waals surface area contributed by atoms with Crippen LogP contribution in [0.1, 0.15) is 85.0 Å². The summed E-state index contributed by atoms with van der Waals surface area (Å²) in [5, 5.41) is 41.0. The summed E-state index contributed by atoms with van der Waals surface area (Å²) in [4.78, 5) is 15.7. The van der Waals surface area contributed by atoms with Gasteiger partial charge in [0.25, 0.3) is 5.91 Å². The van der Waals surface area contributed by atoms with Gasteiger partial charge in [-0.1, -0.05) is 36.7 Å². The van der Waals surface area contributed by atoms with Crippen molar-refractivity contribution in [1.82, 2.24) is 4.98 Å². The summed E-state index contributed by atoms with van der Waals surface area (Å²) in [5.41, 5.74) is 1.38. The lowest BCUT2D eigenvalue weighted by Crippen LogP contribution is -2.58. The number of benzene rings is 1. The number of aromatic hydroxyl groups is 1. The van der Waals surface area contributed by atoms with E-state index in [9.17, 15) is 20.1 Å². The number of hydrogen-bond acceptors (Lipinski definition) is 5. The van der Waals surface area contributed by atoms with E-state index < -0.39 is 0 Å².